The summed E-state index contributed by atoms with van der Waals surface area (Å²) < 4.78 is 32.3. The van der Waals surface area contributed by atoms with Crippen molar-refractivity contribution in [2.45, 2.75) is 103 Å². The first-order valence-electron chi connectivity index (χ1n) is 15.9. The number of rotatable bonds is 8. The molecule has 1 heterocycles. The predicted molar refractivity (Wildman–Crippen MR) is 164 cm³/mol. The van der Waals surface area contributed by atoms with Gasteiger partial charge in [-0.2, -0.15) is 0 Å². The van der Waals surface area contributed by atoms with Crippen LogP contribution in [0.1, 0.15) is 88.4 Å². The first-order valence-corrected chi connectivity index (χ1v) is 15.9. The molecule has 5 rings (SSSR count). The van der Waals surface area contributed by atoms with Crippen molar-refractivity contribution in [3.05, 3.63) is 71.8 Å². The Kier molecular flexibility index (Phi) is 8.88. The molecule has 5 unspecified atom stereocenters. The third kappa shape index (κ3) is 5.43. The maximum absolute atomic E-state index is 13.8. The van der Waals surface area contributed by atoms with E-state index < -0.39 is 76.7 Å². The Morgan fingerprint density at radius 3 is 1.91 bits per heavy atom. The van der Waals surface area contributed by atoms with Crippen molar-refractivity contribution in [3.63, 3.8) is 0 Å². The van der Waals surface area contributed by atoms with Crippen LogP contribution in [0.2, 0.25) is 0 Å². The van der Waals surface area contributed by atoms with Crippen molar-refractivity contribution in [1.29, 1.82) is 0 Å². The normalized spacial score (nSPS) is 33.7. The van der Waals surface area contributed by atoms with Crippen LogP contribution in [-0.2, 0) is 33.3 Å². The van der Waals surface area contributed by atoms with Crippen LogP contribution in [0.25, 0.3) is 0 Å². The van der Waals surface area contributed by atoms with E-state index in [1.165, 1.54) is 6.92 Å². The van der Waals surface area contributed by atoms with Gasteiger partial charge in [0.2, 0.25) is 0 Å². The lowest BCUT2D eigenvalue weighted by Gasteiger charge is -2.62. The second-order valence-corrected chi connectivity index (χ2v) is 13.5. The largest absolute Gasteiger partial charge is 0.459 e. The summed E-state index contributed by atoms with van der Waals surface area (Å²) in [6.07, 6.45) is -2.40. The lowest BCUT2D eigenvalue weighted by molar-refractivity contribution is -0.296. The van der Waals surface area contributed by atoms with E-state index in [4.69, 9.17) is 23.7 Å². The van der Waals surface area contributed by atoms with Crippen molar-refractivity contribution < 1.29 is 42.9 Å². The maximum Gasteiger partial charge on any atom is 0.338 e. The lowest BCUT2D eigenvalue weighted by Crippen LogP contribution is -2.76. The second-order valence-electron chi connectivity index (χ2n) is 13.5. The molecule has 3 fully saturated rings. The van der Waals surface area contributed by atoms with Gasteiger partial charge >= 0.3 is 23.9 Å². The summed E-state index contributed by atoms with van der Waals surface area (Å²) in [4.78, 5) is 53.7. The zero-order valence-electron chi connectivity index (χ0n) is 27.1. The number of hydrogen-bond donors (Lipinski definition) is 0. The summed E-state index contributed by atoms with van der Waals surface area (Å²) in [5.74, 6) is -3.49. The predicted octanol–water partition coefficient (Wildman–Crippen LogP) is 5.94. The summed E-state index contributed by atoms with van der Waals surface area (Å²) in [5, 5.41) is 0. The second kappa shape index (κ2) is 12.2. The molecule has 3 aliphatic rings. The molecule has 242 valence electrons. The molecule has 9 nitrogen and oxygen atoms in total. The summed E-state index contributed by atoms with van der Waals surface area (Å²) >= 11 is 0. The smallest absolute Gasteiger partial charge is 0.338 e. The quantitative estimate of drug-likeness (QED) is 0.261. The molecule has 0 amide bonds. The van der Waals surface area contributed by atoms with Crippen LogP contribution in [0, 0.1) is 23.2 Å². The van der Waals surface area contributed by atoms with Crippen LogP contribution < -0.4 is 0 Å². The zero-order valence-corrected chi connectivity index (χ0v) is 27.1. The number of fused-ring (bicyclic) bond motifs is 1. The average Bonchev–Trinajstić information content (AvgIpc) is 3.22. The number of benzene rings is 2. The molecule has 2 bridgehead atoms. The van der Waals surface area contributed by atoms with E-state index in [0.29, 0.717) is 30.4 Å². The van der Waals surface area contributed by atoms with Crippen molar-refractivity contribution in [2.75, 3.05) is 0 Å². The van der Waals surface area contributed by atoms with E-state index in [2.05, 4.69) is 0 Å². The van der Waals surface area contributed by atoms with Gasteiger partial charge in [-0.25, -0.2) is 9.59 Å². The molecule has 0 aromatic heterocycles. The fraction of sp³-hybridized carbons (Fsp3) is 0.556. The van der Waals surface area contributed by atoms with E-state index in [9.17, 15) is 19.2 Å². The van der Waals surface area contributed by atoms with Crippen molar-refractivity contribution in [2.24, 2.45) is 23.2 Å². The van der Waals surface area contributed by atoms with Gasteiger partial charge in [-0.05, 0) is 70.2 Å². The Hall–Kier alpha value is -3.72. The molecule has 1 spiro atoms. The van der Waals surface area contributed by atoms with Crippen LogP contribution in [0.3, 0.4) is 0 Å². The minimum Gasteiger partial charge on any atom is -0.459 e. The van der Waals surface area contributed by atoms with Gasteiger partial charge in [-0.1, -0.05) is 57.2 Å². The fourth-order valence-electron chi connectivity index (χ4n) is 7.98. The molecular formula is C36H44O9. The number of carbonyl (C=O) groups excluding carboxylic acids is 4. The highest BCUT2D eigenvalue weighted by atomic mass is 16.6. The highest BCUT2D eigenvalue weighted by Crippen LogP contribution is 2.68. The van der Waals surface area contributed by atoms with Crippen molar-refractivity contribution >= 4 is 23.9 Å². The average molecular weight is 621 g/mol. The van der Waals surface area contributed by atoms with E-state index >= 15 is 0 Å². The van der Waals surface area contributed by atoms with Gasteiger partial charge in [0.1, 0.15) is 23.9 Å². The fourth-order valence-corrected chi connectivity index (χ4v) is 7.98. The minimum absolute atomic E-state index is 0.216. The molecule has 0 radical (unpaired) electrons. The van der Waals surface area contributed by atoms with Crippen LogP contribution in [0.15, 0.2) is 60.7 Å². The first kappa shape index (κ1) is 32.7. The maximum atomic E-state index is 13.8. The van der Waals surface area contributed by atoms with E-state index in [0.717, 1.165) is 0 Å². The number of hydrogen-bond acceptors (Lipinski definition) is 9. The Morgan fingerprint density at radius 1 is 0.822 bits per heavy atom. The van der Waals surface area contributed by atoms with E-state index in [1.807, 2.05) is 40.7 Å². The Labute approximate surface area is 264 Å². The standard InChI is InChI=1S/C36H44O9/c1-8-21(2)31(38)43-28-27-29(41-23(4)37)36(45-34(27,5)6)22(3)19-20-26(42-32(39)24-15-11-9-12-16-24)35(36,7)30(28)44-33(40)25-17-13-10-14-18-25/h9-18,21-22,26-30H,8,19-20H2,1-7H3/t21?,22-,26?,27+,28?,29?,30?,35-,36+/m0/s1. The third-order valence-corrected chi connectivity index (χ3v) is 10.4. The highest BCUT2D eigenvalue weighted by Gasteiger charge is 2.82. The van der Waals surface area contributed by atoms with Gasteiger partial charge in [-0.3, -0.25) is 9.59 Å². The van der Waals surface area contributed by atoms with Gasteiger partial charge in [0, 0.05) is 6.92 Å². The summed E-state index contributed by atoms with van der Waals surface area (Å²) in [6, 6.07) is 17.2. The van der Waals surface area contributed by atoms with Crippen molar-refractivity contribution in [1.82, 2.24) is 0 Å². The van der Waals surface area contributed by atoms with Gasteiger partial charge < -0.3 is 23.7 Å². The SMILES string of the molecule is CCC(C)C(=O)OC1C(OC(=O)c2ccccc2)[C@]2(C)C(OC(=O)c3ccccc3)CC[C@H](C)[C@]23OC(C)(C)[C@H]1C3OC(C)=O. The number of esters is 4. The Morgan fingerprint density at radius 2 is 1.38 bits per heavy atom. The molecule has 1 aliphatic heterocycles. The summed E-state index contributed by atoms with van der Waals surface area (Å²) in [6.45, 7) is 12.6. The topological polar surface area (TPSA) is 114 Å². The molecule has 1 saturated heterocycles. The Bertz CT molecular complexity index is 1420. The molecule has 2 aliphatic carbocycles. The first-order chi connectivity index (χ1) is 21.3. The molecule has 9 heteroatoms. The van der Waals surface area contributed by atoms with Gasteiger partial charge in [-0.15, -0.1) is 0 Å². The monoisotopic (exact) mass is 620 g/mol. The Balaban J connectivity index is 1.72. The number of ether oxygens (including phenoxy) is 5. The zero-order chi connectivity index (χ0) is 32.7. The number of carbonyl (C=O) groups is 4. The molecule has 2 aromatic carbocycles. The summed E-state index contributed by atoms with van der Waals surface area (Å²) in [5.41, 5.74) is -2.88. The van der Waals surface area contributed by atoms with Gasteiger partial charge in [0.25, 0.3) is 0 Å². The lowest BCUT2D eigenvalue weighted by atomic mass is 9.48. The third-order valence-electron chi connectivity index (χ3n) is 10.4. The minimum atomic E-state index is -1.32. The summed E-state index contributed by atoms with van der Waals surface area (Å²) in [7, 11) is 0. The van der Waals surface area contributed by atoms with Gasteiger partial charge in [0.15, 0.2) is 6.10 Å². The van der Waals surface area contributed by atoms with Gasteiger partial charge in [0.05, 0.1) is 34.0 Å². The van der Waals surface area contributed by atoms with E-state index in [-0.39, 0.29) is 5.92 Å². The highest BCUT2D eigenvalue weighted by molar-refractivity contribution is 5.90. The molecule has 0 N–H and O–H groups in total. The molecule has 2 saturated carbocycles. The van der Waals surface area contributed by atoms with Crippen LogP contribution in [0.4, 0.5) is 0 Å². The van der Waals surface area contributed by atoms with Crippen molar-refractivity contribution in [3.8, 4) is 0 Å². The van der Waals surface area contributed by atoms with E-state index in [1.54, 1.807) is 61.5 Å². The molecular weight excluding hydrogens is 576 g/mol. The van der Waals surface area contributed by atoms with Crippen LogP contribution in [-0.4, -0.2) is 59.5 Å². The van der Waals surface area contributed by atoms with Crippen LogP contribution >= 0.6 is 0 Å². The molecule has 9 atom stereocenters. The molecule has 45 heavy (non-hydrogen) atoms. The van der Waals surface area contributed by atoms with Crippen LogP contribution in [0.5, 0.6) is 0 Å². The molecule has 2 aromatic rings.